The predicted octanol–water partition coefficient (Wildman–Crippen LogP) is 4.48. The van der Waals surface area contributed by atoms with Crippen LogP contribution in [0.25, 0.3) is 0 Å². The van der Waals surface area contributed by atoms with Crippen LogP contribution in [-0.4, -0.2) is 4.98 Å². The first kappa shape index (κ1) is 11.9. The number of aryl methyl sites for hydroxylation is 1. The number of nitrogens with zero attached hydrogens (tertiary/aromatic N) is 1. The molecule has 0 spiro atoms. The van der Waals surface area contributed by atoms with E-state index in [0.29, 0.717) is 5.15 Å². The first-order chi connectivity index (χ1) is 7.65. The van der Waals surface area contributed by atoms with Gasteiger partial charge in [0.25, 0.3) is 0 Å². The van der Waals surface area contributed by atoms with Crippen molar-refractivity contribution >= 4 is 44.6 Å². The fourth-order valence-corrected chi connectivity index (χ4v) is 2.78. The molecule has 5 heteroatoms. The van der Waals surface area contributed by atoms with E-state index in [1.54, 1.807) is 17.5 Å². The van der Waals surface area contributed by atoms with E-state index < -0.39 is 0 Å². The molecule has 0 saturated heterocycles. The van der Waals surface area contributed by atoms with Crippen LogP contribution in [-0.2, 0) is 6.54 Å². The second kappa shape index (κ2) is 5.17. The van der Waals surface area contributed by atoms with E-state index in [1.807, 2.05) is 13.0 Å². The van der Waals surface area contributed by atoms with Crippen molar-refractivity contribution in [2.45, 2.75) is 13.5 Å². The Kier molecular flexibility index (Phi) is 3.84. The van der Waals surface area contributed by atoms with E-state index in [2.05, 4.69) is 37.7 Å². The molecule has 0 aliphatic heterocycles. The summed E-state index contributed by atoms with van der Waals surface area (Å²) < 4.78 is 1.12. The molecular weight excluding hydrogens is 308 g/mol. The van der Waals surface area contributed by atoms with Crippen LogP contribution in [0.5, 0.6) is 0 Å². The van der Waals surface area contributed by atoms with Crippen LogP contribution in [0.15, 0.2) is 28.2 Å². The standard InChI is InChI=1S/C11H10BrClN2S/c1-7-2-9(4-15-11(7)13)14-5-10-3-8(12)6-16-10/h2-4,6,14H,5H2,1H3. The third-order valence-electron chi connectivity index (χ3n) is 2.10. The third kappa shape index (κ3) is 2.97. The van der Waals surface area contributed by atoms with Crippen LogP contribution < -0.4 is 5.32 Å². The summed E-state index contributed by atoms with van der Waals surface area (Å²) >= 11 is 11.0. The van der Waals surface area contributed by atoms with Gasteiger partial charge in [0.1, 0.15) is 5.15 Å². The van der Waals surface area contributed by atoms with Crippen molar-refractivity contribution in [3.8, 4) is 0 Å². The van der Waals surface area contributed by atoms with Crippen LogP contribution in [0.3, 0.4) is 0 Å². The maximum absolute atomic E-state index is 5.86. The van der Waals surface area contributed by atoms with Gasteiger partial charge in [-0.2, -0.15) is 0 Å². The van der Waals surface area contributed by atoms with E-state index in [4.69, 9.17) is 11.6 Å². The molecule has 2 aromatic heterocycles. The van der Waals surface area contributed by atoms with Gasteiger partial charge in [0, 0.05) is 21.3 Å². The van der Waals surface area contributed by atoms with Crippen LogP contribution in [0.2, 0.25) is 5.15 Å². The molecule has 1 N–H and O–H groups in total. The normalized spacial score (nSPS) is 10.4. The minimum Gasteiger partial charge on any atom is -0.379 e. The lowest BCUT2D eigenvalue weighted by Gasteiger charge is -2.05. The Morgan fingerprint density at radius 2 is 2.31 bits per heavy atom. The fourth-order valence-electron chi connectivity index (χ4n) is 1.29. The minimum absolute atomic E-state index is 0.560. The minimum atomic E-state index is 0.560. The highest BCUT2D eigenvalue weighted by Gasteiger charge is 2.00. The highest BCUT2D eigenvalue weighted by Crippen LogP contribution is 2.21. The van der Waals surface area contributed by atoms with Gasteiger partial charge in [-0.3, -0.25) is 0 Å². The first-order valence-electron chi connectivity index (χ1n) is 4.74. The van der Waals surface area contributed by atoms with Gasteiger partial charge >= 0.3 is 0 Å². The average molecular weight is 318 g/mol. The molecule has 0 aliphatic carbocycles. The van der Waals surface area contributed by atoms with Crippen molar-refractivity contribution < 1.29 is 0 Å². The molecule has 0 atom stereocenters. The number of hydrogen-bond donors (Lipinski definition) is 1. The van der Waals surface area contributed by atoms with Crippen molar-refractivity contribution in [1.29, 1.82) is 0 Å². The zero-order chi connectivity index (χ0) is 11.5. The summed E-state index contributed by atoms with van der Waals surface area (Å²) in [6.07, 6.45) is 1.75. The SMILES string of the molecule is Cc1cc(NCc2cc(Br)cs2)cnc1Cl. The van der Waals surface area contributed by atoms with Crippen LogP contribution in [0, 0.1) is 6.92 Å². The van der Waals surface area contributed by atoms with E-state index >= 15 is 0 Å². The van der Waals surface area contributed by atoms with Gasteiger partial charge < -0.3 is 5.32 Å². The maximum Gasteiger partial charge on any atom is 0.132 e. The zero-order valence-electron chi connectivity index (χ0n) is 8.63. The molecule has 16 heavy (non-hydrogen) atoms. The molecule has 0 fully saturated rings. The lowest BCUT2D eigenvalue weighted by molar-refractivity contribution is 1.16. The molecular formula is C11H10BrClN2S. The number of anilines is 1. The van der Waals surface area contributed by atoms with E-state index in [1.165, 1.54) is 4.88 Å². The lowest BCUT2D eigenvalue weighted by Crippen LogP contribution is -1.98. The smallest absolute Gasteiger partial charge is 0.132 e. The molecule has 0 bridgehead atoms. The second-order valence-corrected chi connectivity index (χ2v) is 5.69. The summed E-state index contributed by atoms with van der Waals surface area (Å²) in [5.74, 6) is 0. The molecule has 2 nitrogen and oxygen atoms in total. The molecule has 0 aliphatic rings. The molecule has 0 amide bonds. The van der Waals surface area contributed by atoms with Crippen LogP contribution in [0.4, 0.5) is 5.69 Å². The van der Waals surface area contributed by atoms with Gasteiger partial charge in [-0.15, -0.1) is 11.3 Å². The molecule has 2 rings (SSSR count). The van der Waals surface area contributed by atoms with E-state index in [9.17, 15) is 0 Å². The second-order valence-electron chi connectivity index (χ2n) is 3.42. The third-order valence-corrected chi connectivity index (χ3v) is 4.20. The summed E-state index contributed by atoms with van der Waals surface area (Å²) in [5, 5.41) is 5.94. The summed E-state index contributed by atoms with van der Waals surface area (Å²) in [6, 6.07) is 4.10. The molecule has 0 unspecified atom stereocenters. The van der Waals surface area contributed by atoms with Gasteiger partial charge in [0.05, 0.1) is 11.9 Å². The highest BCUT2D eigenvalue weighted by atomic mass is 79.9. The molecule has 0 aromatic carbocycles. The first-order valence-corrected chi connectivity index (χ1v) is 6.79. The van der Waals surface area contributed by atoms with Gasteiger partial charge in [-0.1, -0.05) is 11.6 Å². The number of thiophene rings is 1. The van der Waals surface area contributed by atoms with Gasteiger partial charge in [-0.05, 0) is 40.5 Å². The average Bonchev–Trinajstić information content (AvgIpc) is 2.66. The Bertz CT molecular complexity index is 498. The summed E-state index contributed by atoms with van der Waals surface area (Å²) in [7, 11) is 0. The molecule has 0 saturated carbocycles. The number of hydrogen-bond acceptors (Lipinski definition) is 3. The number of halogens is 2. The van der Waals surface area contributed by atoms with Crippen molar-refractivity contribution in [1.82, 2.24) is 4.98 Å². The van der Waals surface area contributed by atoms with Crippen molar-refractivity contribution in [2.75, 3.05) is 5.32 Å². The highest BCUT2D eigenvalue weighted by molar-refractivity contribution is 9.10. The fraction of sp³-hybridized carbons (Fsp3) is 0.182. The predicted molar refractivity (Wildman–Crippen MR) is 73.3 cm³/mol. The molecule has 0 radical (unpaired) electrons. The van der Waals surface area contributed by atoms with Crippen LogP contribution in [0.1, 0.15) is 10.4 Å². The van der Waals surface area contributed by atoms with E-state index in [-0.39, 0.29) is 0 Å². The number of pyridine rings is 1. The van der Waals surface area contributed by atoms with Crippen molar-refractivity contribution in [3.05, 3.63) is 43.8 Å². The maximum atomic E-state index is 5.86. The topological polar surface area (TPSA) is 24.9 Å². The van der Waals surface area contributed by atoms with Gasteiger partial charge in [-0.25, -0.2) is 4.98 Å². The summed E-state index contributed by atoms with van der Waals surface area (Å²) in [5.41, 5.74) is 1.98. The van der Waals surface area contributed by atoms with Crippen LogP contribution >= 0.6 is 38.9 Å². The largest absolute Gasteiger partial charge is 0.379 e. The molecule has 2 aromatic rings. The Labute approximate surface area is 112 Å². The Hall–Kier alpha value is -0.580. The Morgan fingerprint density at radius 3 is 2.94 bits per heavy atom. The Morgan fingerprint density at radius 1 is 1.50 bits per heavy atom. The number of rotatable bonds is 3. The lowest BCUT2D eigenvalue weighted by atomic mass is 10.3. The van der Waals surface area contributed by atoms with Gasteiger partial charge in [0.2, 0.25) is 0 Å². The summed E-state index contributed by atoms with van der Waals surface area (Å²) in [6.45, 7) is 2.75. The Balaban J connectivity index is 2.02. The zero-order valence-corrected chi connectivity index (χ0v) is 11.8. The number of aromatic nitrogens is 1. The van der Waals surface area contributed by atoms with Crippen molar-refractivity contribution in [2.24, 2.45) is 0 Å². The molecule has 84 valence electrons. The van der Waals surface area contributed by atoms with Gasteiger partial charge in [0.15, 0.2) is 0 Å². The monoisotopic (exact) mass is 316 g/mol. The molecule has 2 heterocycles. The van der Waals surface area contributed by atoms with Crippen molar-refractivity contribution in [3.63, 3.8) is 0 Å². The van der Waals surface area contributed by atoms with E-state index in [0.717, 1.165) is 22.3 Å². The number of nitrogens with one attached hydrogen (secondary N) is 1. The quantitative estimate of drug-likeness (QED) is 0.844. The summed E-state index contributed by atoms with van der Waals surface area (Å²) in [4.78, 5) is 5.37.